The molecule has 1 saturated heterocycles. The Labute approximate surface area is 114 Å². The van der Waals surface area contributed by atoms with Gasteiger partial charge in [0.25, 0.3) is 0 Å². The first kappa shape index (κ1) is 14.0. The summed E-state index contributed by atoms with van der Waals surface area (Å²) in [7, 11) is 1.74. The van der Waals surface area contributed by atoms with Crippen molar-refractivity contribution in [2.45, 2.75) is 38.5 Å². The third kappa shape index (κ3) is 3.13. The molecule has 4 heteroatoms. The van der Waals surface area contributed by atoms with Crippen molar-refractivity contribution in [3.8, 4) is 0 Å². The normalized spacial score (nSPS) is 21.9. The second-order valence-corrected chi connectivity index (χ2v) is 5.12. The quantitative estimate of drug-likeness (QED) is 0.763. The number of carbonyl (C=O) groups is 1. The lowest BCUT2D eigenvalue weighted by molar-refractivity contribution is -0.128. The minimum atomic E-state index is -1.03. The number of nitrogens with zero attached hydrogens (tertiary/aromatic N) is 2. The Morgan fingerprint density at radius 3 is 2.68 bits per heavy atom. The van der Waals surface area contributed by atoms with Crippen molar-refractivity contribution in [3.05, 3.63) is 35.9 Å². The van der Waals surface area contributed by atoms with Crippen LogP contribution in [0.15, 0.2) is 30.3 Å². The average molecular weight is 264 g/mol. The maximum absolute atomic E-state index is 14.2. The number of carbonyl (C=O) groups excluding carboxylic acids is 1. The van der Waals surface area contributed by atoms with E-state index >= 15 is 0 Å². The number of hydrogen-bond donors (Lipinski definition) is 0. The number of halogens is 1. The van der Waals surface area contributed by atoms with Crippen molar-refractivity contribution in [2.75, 3.05) is 13.7 Å². The van der Waals surface area contributed by atoms with Crippen molar-refractivity contribution in [3.63, 3.8) is 0 Å². The summed E-state index contributed by atoms with van der Waals surface area (Å²) in [5.74, 6) is 0.0163. The summed E-state index contributed by atoms with van der Waals surface area (Å²) in [6.07, 6.45) is 0.807. The summed E-state index contributed by atoms with van der Waals surface area (Å²) in [5, 5.41) is 0. The van der Waals surface area contributed by atoms with Crippen molar-refractivity contribution in [2.24, 2.45) is 0 Å². The highest BCUT2D eigenvalue weighted by Gasteiger charge is 2.39. The molecule has 3 nitrogen and oxygen atoms in total. The first-order chi connectivity index (χ1) is 9.13. The molecule has 1 aromatic carbocycles. The summed E-state index contributed by atoms with van der Waals surface area (Å²) in [5.41, 5.74) is 1.07. The van der Waals surface area contributed by atoms with Gasteiger partial charge < -0.3 is 4.90 Å². The molecule has 1 amide bonds. The van der Waals surface area contributed by atoms with Crippen LogP contribution in [0.4, 0.5) is 4.39 Å². The minimum Gasteiger partial charge on any atom is -0.331 e. The van der Waals surface area contributed by atoms with Gasteiger partial charge in [0.2, 0.25) is 5.91 Å². The van der Waals surface area contributed by atoms with Gasteiger partial charge in [0.05, 0.1) is 12.7 Å². The van der Waals surface area contributed by atoms with Gasteiger partial charge >= 0.3 is 0 Å². The van der Waals surface area contributed by atoms with Gasteiger partial charge in [-0.3, -0.25) is 4.79 Å². The Morgan fingerprint density at radius 1 is 1.37 bits per heavy atom. The van der Waals surface area contributed by atoms with Gasteiger partial charge in [-0.25, -0.2) is 9.29 Å². The second-order valence-electron chi connectivity index (χ2n) is 5.12. The fourth-order valence-corrected chi connectivity index (χ4v) is 2.54. The molecular weight excluding hydrogens is 243 g/mol. The van der Waals surface area contributed by atoms with Crippen LogP contribution < -0.4 is 0 Å². The maximum Gasteiger partial charge on any atom is 0.241 e. The van der Waals surface area contributed by atoms with E-state index in [-0.39, 0.29) is 11.9 Å². The Kier molecular flexibility index (Phi) is 4.53. The van der Waals surface area contributed by atoms with Crippen LogP contribution in [0.2, 0.25) is 0 Å². The largest absolute Gasteiger partial charge is 0.331 e. The molecule has 0 saturated carbocycles. The van der Waals surface area contributed by atoms with Crippen molar-refractivity contribution >= 4 is 5.91 Å². The fraction of sp³-hybridized carbons (Fsp3) is 0.533. The summed E-state index contributed by atoms with van der Waals surface area (Å²) in [6.45, 7) is 2.35. The summed E-state index contributed by atoms with van der Waals surface area (Å²) in [6, 6.07) is 9.44. The van der Waals surface area contributed by atoms with Crippen molar-refractivity contribution in [1.29, 1.82) is 0 Å². The number of benzene rings is 1. The van der Waals surface area contributed by atoms with Crippen LogP contribution in [0.1, 0.15) is 25.3 Å². The van der Waals surface area contributed by atoms with Gasteiger partial charge in [-0.05, 0) is 18.4 Å². The van der Waals surface area contributed by atoms with E-state index < -0.39 is 6.30 Å². The molecule has 19 heavy (non-hydrogen) atoms. The highest BCUT2D eigenvalue weighted by molar-refractivity contribution is 5.83. The summed E-state index contributed by atoms with van der Waals surface area (Å²) >= 11 is 0. The topological polar surface area (TPSA) is 23.6 Å². The zero-order valence-electron chi connectivity index (χ0n) is 11.6. The van der Waals surface area contributed by atoms with E-state index in [4.69, 9.17) is 0 Å². The molecule has 0 aromatic heterocycles. The van der Waals surface area contributed by atoms with E-state index in [0.29, 0.717) is 19.5 Å². The SMILES string of the molecule is CCCC(F)N1CN(C)C(=O)C1Cc1ccccc1. The predicted octanol–water partition coefficient (Wildman–Crippen LogP) is 2.42. The van der Waals surface area contributed by atoms with Crippen LogP contribution in [0.3, 0.4) is 0 Å². The summed E-state index contributed by atoms with van der Waals surface area (Å²) < 4.78 is 14.2. The molecular formula is C15H21FN2O. The standard InChI is InChI=1S/C15H21FN2O/c1-3-7-14(16)18-11-17(2)15(19)13(18)10-12-8-5-4-6-9-12/h4-6,8-9,13-14H,3,7,10-11H2,1-2H3. The lowest BCUT2D eigenvalue weighted by Crippen LogP contribution is -2.40. The van der Waals surface area contributed by atoms with E-state index in [1.165, 1.54) is 0 Å². The second kappa shape index (κ2) is 6.15. The average Bonchev–Trinajstić information content (AvgIpc) is 2.69. The molecule has 0 radical (unpaired) electrons. The Morgan fingerprint density at radius 2 is 2.05 bits per heavy atom. The lowest BCUT2D eigenvalue weighted by Gasteiger charge is -2.25. The molecule has 2 atom stereocenters. The van der Waals surface area contributed by atoms with Gasteiger partial charge in [-0.1, -0.05) is 43.7 Å². The van der Waals surface area contributed by atoms with Gasteiger partial charge in [0.15, 0.2) is 6.30 Å². The number of alkyl halides is 1. The smallest absolute Gasteiger partial charge is 0.241 e. The van der Waals surface area contributed by atoms with Gasteiger partial charge in [0, 0.05) is 7.05 Å². The highest BCUT2D eigenvalue weighted by Crippen LogP contribution is 2.23. The van der Waals surface area contributed by atoms with Crippen LogP contribution >= 0.6 is 0 Å². The van der Waals surface area contributed by atoms with Crippen LogP contribution in [0, 0.1) is 0 Å². The van der Waals surface area contributed by atoms with E-state index in [1.54, 1.807) is 16.8 Å². The number of likely N-dealkylation sites (N-methyl/N-ethyl adjacent to an activating group) is 1. The van der Waals surface area contributed by atoms with Gasteiger partial charge in [-0.15, -0.1) is 0 Å². The maximum atomic E-state index is 14.2. The number of hydrogen-bond acceptors (Lipinski definition) is 2. The van der Waals surface area contributed by atoms with Crippen LogP contribution in [-0.4, -0.2) is 41.8 Å². The van der Waals surface area contributed by atoms with E-state index in [1.807, 2.05) is 37.3 Å². The Balaban J connectivity index is 2.12. The van der Waals surface area contributed by atoms with Crippen molar-refractivity contribution < 1.29 is 9.18 Å². The van der Waals surface area contributed by atoms with E-state index in [0.717, 1.165) is 12.0 Å². The Hall–Kier alpha value is -1.42. The van der Waals surface area contributed by atoms with Crippen LogP contribution in [0.5, 0.6) is 0 Å². The van der Waals surface area contributed by atoms with Crippen molar-refractivity contribution in [1.82, 2.24) is 9.80 Å². The predicted molar refractivity (Wildman–Crippen MR) is 73.2 cm³/mol. The molecule has 1 aliphatic heterocycles. The summed E-state index contributed by atoms with van der Waals surface area (Å²) in [4.78, 5) is 15.4. The fourth-order valence-electron chi connectivity index (χ4n) is 2.54. The number of rotatable bonds is 5. The van der Waals surface area contributed by atoms with Crippen LogP contribution in [0.25, 0.3) is 0 Å². The third-order valence-corrected chi connectivity index (χ3v) is 3.60. The lowest BCUT2D eigenvalue weighted by atomic mass is 10.0. The first-order valence-corrected chi connectivity index (χ1v) is 6.82. The molecule has 1 fully saturated rings. The molecule has 1 aliphatic rings. The molecule has 0 aliphatic carbocycles. The zero-order valence-corrected chi connectivity index (χ0v) is 11.6. The Bertz CT molecular complexity index is 423. The molecule has 0 spiro atoms. The van der Waals surface area contributed by atoms with E-state index in [9.17, 15) is 9.18 Å². The molecule has 0 N–H and O–H groups in total. The molecule has 0 bridgehead atoms. The molecule has 1 heterocycles. The molecule has 2 rings (SSSR count). The van der Waals surface area contributed by atoms with Gasteiger partial charge in [-0.2, -0.15) is 0 Å². The van der Waals surface area contributed by atoms with E-state index in [2.05, 4.69) is 0 Å². The molecule has 2 unspecified atom stereocenters. The minimum absolute atomic E-state index is 0.0163. The van der Waals surface area contributed by atoms with Crippen LogP contribution in [-0.2, 0) is 11.2 Å². The highest BCUT2D eigenvalue weighted by atomic mass is 19.1. The molecule has 1 aromatic rings. The monoisotopic (exact) mass is 264 g/mol. The zero-order chi connectivity index (χ0) is 13.8. The first-order valence-electron chi connectivity index (χ1n) is 6.82. The number of amides is 1. The third-order valence-electron chi connectivity index (χ3n) is 3.60. The van der Waals surface area contributed by atoms with Gasteiger partial charge in [0.1, 0.15) is 0 Å². The molecule has 104 valence electrons.